The number of sulfonamides is 1. The molecule has 0 heterocycles. The molecule has 5 nitrogen and oxygen atoms in total. The Morgan fingerprint density at radius 3 is 1.82 bits per heavy atom. The number of hydrogen-bond donors (Lipinski definition) is 2. The predicted octanol–water partition coefficient (Wildman–Crippen LogP) is 4.29. The van der Waals surface area contributed by atoms with Crippen molar-refractivity contribution in [3.63, 3.8) is 0 Å². The zero-order valence-electron chi connectivity index (χ0n) is 15.8. The maximum absolute atomic E-state index is 12.5. The lowest BCUT2D eigenvalue weighted by Gasteiger charge is -2.10. The summed E-state index contributed by atoms with van der Waals surface area (Å²) in [6, 6.07) is 21.0. The van der Waals surface area contributed by atoms with Gasteiger partial charge in [0.05, 0.1) is 11.3 Å². The molecular formula is C22H22N2O3S. The third-order valence-electron chi connectivity index (χ3n) is 4.24. The molecule has 0 saturated carbocycles. The van der Waals surface area contributed by atoms with Gasteiger partial charge in [0.15, 0.2) is 0 Å². The van der Waals surface area contributed by atoms with Crippen molar-refractivity contribution in [2.24, 2.45) is 0 Å². The van der Waals surface area contributed by atoms with Gasteiger partial charge in [-0.2, -0.15) is 0 Å². The first-order chi connectivity index (χ1) is 13.3. The molecule has 0 aliphatic heterocycles. The zero-order valence-corrected chi connectivity index (χ0v) is 16.6. The lowest BCUT2D eigenvalue weighted by Crippen LogP contribution is -2.15. The van der Waals surface area contributed by atoms with Crippen molar-refractivity contribution in [2.75, 3.05) is 10.0 Å². The molecule has 144 valence electrons. The van der Waals surface area contributed by atoms with Crippen LogP contribution in [0.25, 0.3) is 0 Å². The molecule has 2 N–H and O–H groups in total. The van der Waals surface area contributed by atoms with E-state index in [1.54, 1.807) is 24.3 Å². The van der Waals surface area contributed by atoms with E-state index in [1.807, 2.05) is 50.2 Å². The Labute approximate surface area is 165 Å². The number of nitrogens with one attached hydrogen (secondary N) is 2. The molecule has 0 radical (unpaired) electrons. The van der Waals surface area contributed by atoms with Gasteiger partial charge < -0.3 is 5.32 Å². The molecule has 0 aromatic heterocycles. The lowest BCUT2D eigenvalue weighted by atomic mass is 10.1. The van der Waals surface area contributed by atoms with E-state index in [-0.39, 0.29) is 17.2 Å². The fourth-order valence-electron chi connectivity index (χ4n) is 2.65. The Kier molecular flexibility index (Phi) is 5.80. The quantitative estimate of drug-likeness (QED) is 0.655. The third-order valence-corrected chi connectivity index (χ3v) is 5.63. The van der Waals surface area contributed by atoms with Gasteiger partial charge >= 0.3 is 0 Å². The van der Waals surface area contributed by atoms with Crippen molar-refractivity contribution < 1.29 is 13.2 Å². The fourth-order valence-corrected chi connectivity index (χ4v) is 3.71. The Morgan fingerprint density at radius 1 is 0.750 bits per heavy atom. The van der Waals surface area contributed by atoms with E-state index < -0.39 is 10.0 Å². The SMILES string of the molecule is Cc1ccc(CC(=O)Nc2ccc(S(=O)(=O)Nc3ccc(C)cc3)cc2)cc1. The summed E-state index contributed by atoms with van der Waals surface area (Å²) >= 11 is 0. The zero-order chi connectivity index (χ0) is 20.1. The van der Waals surface area contributed by atoms with Crippen LogP contribution in [0.2, 0.25) is 0 Å². The normalized spacial score (nSPS) is 11.1. The highest BCUT2D eigenvalue weighted by Gasteiger charge is 2.14. The van der Waals surface area contributed by atoms with Crippen molar-refractivity contribution in [1.29, 1.82) is 0 Å². The molecule has 28 heavy (non-hydrogen) atoms. The summed E-state index contributed by atoms with van der Waals surface area (Å²) in [7, 11) is -3.69. The Balaban J connectivity index is 1.64. The van der Waals surface area contributed by atoms with Crippen LogP contribution in [0.15, 0.2) is 77.7 Å². The largest absolute Gasteiger partial charge is 0.326 e. The third kappa shape index (κ3) is 5.20. The summed E-state index contributed by atoms with van der Waals surface area (Å²) in [4.78, 5) is 12.3. The second kappa shape index (κ2) is 8.27. The van der Waals surface area contributed by atoms with E-state index in [0.29, 0.717) is 11.4 Å². The first-order valence-electron chi connectivity index (χ1n) is 8.87. The Bertz CT molecular complexity index is 1060. The molecule has 3 rings (SSSR count). The molecule has 6 heteroatoms. The minimum atomic E-state index is -3.69. The van der Waals surface area contributed by atoms with E-state index in [0.717, 1.165) is 16.7 Å². The number of carbonyl (C=O) groups is 1. The molecule has 0 fully saturated rings. The van der Waals surface area contributed by atoms with Gasteiger partial charge in [0.25, 0.3) is 10.0 Å². The van der Waals surface area contributed by atoms with Crippen molar-refractivity contribution in [1.82, 2.24) is 0 Å². The maximum atomic E-state index is 12.5. The fraction of sp³-hybridized carbons (Fsp3) is 0.136. The Morgan fingerprint density at radius 2 is 1.25 bits per heavy atom. The summed E-state index contributed by atoms with van der Waals surface area (Å²) in [6.07, 6.45) is 0.259. The summed E-state index contributed by atoms with van der Waals surface area (Å²) < 4.78 is 27.5. The van der Waals surface area contributed by atoms with Crippen LogP contribution >= 0.6 is 0 Å². The summed E-state index contributed by atoms with van der Waals surface area (Å²) in [5.41, 5.74) is 4.16. The molecule has 3 aromatic rings. The van der Waals surface area contributed by atoms with E-state index >= 15 is 0 Å². The van der Waals surface area contributed by atoms with Crippen LogP contribution in [0.1, 0.15) is 16.7 Å². The first kappa shape index (κ1) is 19.6. The monoisotopic (exact) mass is 394 g/mol. The van der Waals surface area contributed by atoms with Gasteiger partial charge in [-0.1, -0.05) is 47.5 Å². The molecule has 3 aromatic carbocycles. The van der Waals surface area contributed by atoms with Crippen molar-refractivity contribution in [3.05, 3.63) is 89.5 Å². The molecule has 0 aliphatic carbocycles. The highest BCUT2D eigenvalue weighted by Crippen LogP contribution is 2.19. The standard InChI is InChI=1S/C22H22N2O3S/c1-16-3-7-18(8-4-16)15-22(25)23-19-11-13-21(14-12-19)28(26,27)24-20-9-5-17(2)6-10-20/h3-14,24H,15H2,1-2H3,(H,23,25). The number of hydrogen-bond acceptors (Lipinski definition) is 3. The second-order valence-corrected chi connectivity index (χ2v) is 8.39. The molecule has 0 saturated heterocycles. The molecule has 0 atom stereocenters. The van der Waals surface area contributed by atoms with Gasteiger partial charge in [0, 0.05) is 11.4 Å². The Hall–Kier alpha value is -3.12. The van der Waals surface area contributed by atoms with Gasteiger partial charge in [-0.25, -0.2) is 8.42 Å². The van der Waals surface area contributed by atoms with Gasteiger partial charge in [-0.3, -0.25) is 9.52 Å². The second-order valence-electron chi connectivity index (χ2n) is 6.71. The minimum absolute atomic E-state index is 0.129. The number of rotatable bonds is 6. The van der Waals surface area contributed by atoms with Crippen LogP contribution in [-0.4, -0.2) is 14.3 Å². The molecular weight excluding hydrogens is 372 g/mol. The topological polar surface area (TPSA) is 75.3 Å². The highest BCUT2D eigenvalue weighted by molar-refractivity contribution is 7.92. The van der Waals surface area contributed by atoms with Gasteiger partial charge in [-0.15, -0.1) is 0 Å². The van der Waals surface area contributed by atoms with Crippen molar-refractivity contribution >= 4 is 27.3 Å². The lowest BCUT2D eigenvalue weighted by molar-refractivity contribution is -0.115. The van der Waals surface area contributed by atoms with E-state index in [9.17, 15) is 13.2 Å². The van der Waals surface area contributed by atoms with E-state index in [2.05, 4.69) is 10.0 Å². The number of carbonyl (C=O) groups excluding carboxylic acids is 1. The van der Waals surface area contributed by atoms with Crippen LogP contribution in [0.3, 0.4) is 0 Å². The summed E-state index contributed by atoms with van der Waals surface area (Å²) in [6.45, 7) is 3.93. The van der Waals surface area contributed by atoms with Crippen LogP contribution in [-0.2, 0) is 21.2 Å². The van der Waals surface area contributed by atoms with E-state index in [1.165, 1.54) is 12.1 Å². The van der Waals surface area contributed by atoms with Gasteiger partial charge in [0.2, 0.25) is 5.91 Å². The van der Waals surface area contributed by atoms with Gasteiger partial charge in [0.1, 0.15) is 0 Å². The average molecular weight is 394 g/mol. The summed E-state index contributed by atoms with van der Waals surface area (Å²) in [5, 5.41) is 2.79. The predicted molar refractivity (Wildman–Crippen MR) is 112 cm³/mol. The van der Waals surface area contributed by atoms with Gasteiger partial charge in [-0.05, 0) is 55.8 Å². The summed E-state index contributed by atoms with van der Waals surface area (Å²) in [5.74, 6) is -0.155. The van der Waals surface area contributed by atoms with Crippen molar-refractivity contribution in [3.8, 4) is 0 Å². The molecule has 0 spiro atoms. The smallest absolute Gasteiger partial charge is 0.261 e. The van der Waals surface area contributed by atoms with Crippen LogP contribution in [0.4, 0.5) is 11.4 Å². The number of amides is 1. The number of anilines is 2. The molecule has 0 bridgehead atoms. The maximum Gasteiger partial charge on any atom is 0.261 e. The number of benzene rings is 3. The minimum Gasteiger partial charge on any atom is -0.326 e. The number of aryl methyl sites for hydroxylation is 2. The molecule has 0 unspecified atom stereocenters. The molecule has 1 amide bonds. The first-order valence-corrected chi connectivity index (χ1v) is 10.4. The van der Waals surface area contributed by atoms with Crippen molar-refractivity contribution in [2.45, 2.75) is 25.2 Å². The van der Waals surface area contributed by atoms with Crippen LogP contribution in [0, 0.1) is 13.8 Å². The van der Waals surface area contributed by atoms with Crippen LogP contribution in [0.5, 0.6) is 0 Å². The highest BCUT2D eigenvalue weighted by atomic mass is 32.2. The molecule has 0 aliphatic rings. The van der Waals surface area contributed by atoms with Crippen LogP contribution < -0.4 is 10.0 Å². The average Bonchev–Trinajstić information content (AvgIpc) is 2.66. The van der Waals surface area contributed by atoms with E-state index in [4.69, 9.17) is 0 Å².